The molecule has 0 spiro atoms. The van der Waals surface area contributed by atoms with E-state index in [0.717, 1.165) is 34.5 Å². The molecule has 1 N–H and O–H groups in total. The Morgan fingerprint density at radius 1 is 1.00 bits per heavy atom. The van der Waals surface area contributed by atoms with E-state index >= 15 is 0 Å². The molecule has 0 radical (unpaired) electrons. The molecule has 7 heteroatoms. The molecule has 5 aromatic rings. The fraction of sp³-hybridized carbons (Fsp3) is 0.172. The molecular weight excluding hydrogens is 470 g/mol. The number of hydrogen-bond acceptors (Lipinski definition) is 4. The number of carbonyl (C=O) groups is 2. The summed E-state index contributed by atoms with van der Waals surface area (Å²) in [5.41, 5.74) is 4.67. The van der Waals surface area contributed by atoms with Crippen LogP contribution >= 0.6 is 11.8 Å². The zero-order valence-corrected chi connectivity index (χ0v) is 20.6. The number of hydrogen-bond donors (Lipinski definition) is 1. The monoisotopic (exact) mass is 495 g/mol. The molecule has 2 amide bonds. The van der Waals surface area contributed by atoms with Crippen molar-refractivity contribution in [3.63, 3.8) is 0 Å². The fourth-order valence-electron chi connectivity index (χ4n) is 4.95. The van der Waals surface area contributed by atoms with Crippen molar-refractivity contribution in [2.45, 2.75) is 25.4 Å². The Labute approximate surface area is 212 Å². The fourth-order valence-corrected chi connectivity index (χ4v) is 6.13. The summed E-state index contributed by atoms with van der Waals surface area (Å²) in [6.45, 7) is 3.45. The van der Waals surface area contributed by atoms with Crippen LogP contribution in [0.3, 0.4) is 0 Å². The van der Waals surface area contributed by atoms with Crippen LogP contribution in [0.1, 0.15) is 34.0 Å². The average Bonchev–Trinajstić information content (AvgIpc) is 3.63. The third-order valence-corrected chi connectivity index (χ3v) is 7.93. The lowest BCUT2D eigenvalue weighted by Gasteiger charge is -2.23. The summed E-state index contributed by atoms with van der Waals surface area (Å²) >= 11 is 1.59. The molecule has 3 aromatic carbocycles. The number of furan rings is 1. The van der Waals surface area contributed by atoms with E-state index < -0.39 is 0 Å². The van der Waals surface area contributed by atoms with Crippen molar-refractivity contribution in [3.8, 4) is 0 Å². The van der Waals surface area contributed by atoms with Crippen molar-refractivity contribution in [2.75, 3.05) is 11.1 Å². The Bertz CT molecular complexity index is 1570. The van der Waals surface area contributed by atoms with Crippen molar-refractivity contribution in [1.82, 2.24) is 9.47 Å². The SMILES string of the molecule is CCn1c2ccccc2c2cc(NC(=O)c3ccc([C@@H]4SCC(=O)N4Cc4ccco4)cc3)ccc21. The summed E-state index contributed by atoms with van der Waals surface area (Å²) in [6, 6.07) is 25.6. The number of para-hydroxylation sites is 1. The molecule has 1 fully saturated rings. The molecule has 1 aliphatic rings. The van der Waals surface area contributed by atoms with Gasteiger partial charge in [-0.2, -0.15) is 0 Å². The van der Waals surface area contributed by atoms with Gasteiger partial charge in [0.1, 0.15) is 11.1 Å². The van der Waals surface area contributed by atoms with Gasteiger partial charge in [-0.3, -0.25) is 9.59 Å². The van der Waals surface area contributed by atoms with E-state index in [0.29, 0.717) is 17.9 Å². The second-order valence-corrected chi connectivity index (χ2v) is 9.90. The predicted molar refractivity (Wildman–Crippen MR) is 144 cm³/mol. The molecule has 0 saturated carbocycles. The minimum absolute atomic E-state index is 0.0861. The topological polar surface area (TPSA) is 67.5 Å². The van der Waals surface area contributed by atoms with Crippen LogP contribution in [0.2, 0.25) is 0 Å². The number of carbonyl (C=O) groups excluding carboxylic acids is 2. The molecule has 0 aliphatic carbocycles. The normalized spacial score (nSPS) is 15.8. The average molecular weight is 496 g/mol. The van der Waals surface area contributed by atoms with Gasteiger partial charge in [-0.25, -0.2) is 0 Å². The first-order chi connectivity index (χ1) is 17.6. The van der Waals surface area contributed by atoms with E-state index in [1.165, 1.54) is 10.9 Å². The zero-order valence-electron chi connectivity index (χ0n) is 19.8. The van der Waals surface area contributed by atoms with E-state index in [1.54, 1.807) is 18.0 Å². The number of nitrogens with zero attached hydrogens (tertiary/aromatic N) is 2. The number of aryl methyl sites for hydroxylation is 1. The molecule has 36 heavy (non-hydrogen) atoms. The number of nitrogens with one attached hydrogen (secondary N) is 1. The summed E-state index contributed by atoms with van der Waals surface area (Å²) in [7, 11) is 0. The Morgan fingerprint density at radius 3 is 2.58 bits per heavy atom. The largest absolute Gasteiger partial charge is 0.467 e. The number of fused-ring (bicyclic) bond motifs is 3. The highest BCUT2D eigenvalue weighted by Crippen LogP contribution is 2.39. The number of thioether (sulfide) groups is 1. The minimum atomic E-state index is -0.164. The van der Waals surface area contributed by atoms with Crippen molar-refractivity contribution >= 4 is 51.1 Å². The molecule has 2 aromatic heterocycles. The van der Waals surface area contributed by atoms with Gasteiger partial charge in [0.05, 0.1) is 18.6 Å². The molecule has 0 bridgehead atoms. The first kappa shape index (κ1) is 22.5. The molecule has 1 aliphatic heterocycles. The number of benzene rings is 3. The maximum atomic E-state index is 13.0. The van der Waals surface area contributed by atoms with Crippen LogP contribution in [0.15, 0.2) is 89.5 Å². The van der Waals surface area contributed by atoms with Gasteiger partial charge in [-0.05, 0) is 61.0 Å². The van der Waals surface area contributed by atoms with Crippen LogP contribution in [0, 0.1) is 0 Å². The highest BCUT2D eigenvalue weighted by Gasteiger charge is 2.33. The highest BCUT2D eigenvalue weighted by molar-refractivity contribution is 8.00. The van der Waals surface area contributed by atoms with E-state index in [-0.39, 0.29) is 17.2 Å². The van der Waals surface area contributed by atoms with E-state index in [9.17, 15) is 9.59 Å². The number of rotatable bonds is 6. The molecule has 180 valence electrons. The van der Waals surface area contributed by atoms with Gasteiger partial charge in [0.15, 0.2) is 0 Å². The maximum absolute atomic E-state index is 13.0. The van der Waals surface area contributed by atoms with Crippen LogP contribution in [0.4, 0.5) is 5.69 Å². The number of aromatic nitrogens is 1. The molecule has 0 unspecified atom stereocenters. The van der Waals surface area contributed by atoms with Crippen LogP contribution in [0.25, 0.3) is 21.8 Å². The molecule has 1 atom stereocenters. The predicted octanol–water partition coefficient (Wildman–Crippen LogP) is 6.43. The van der Waals surface area contributed by atoms with Gasteiger partial charge < -0.3 is 19.2 Å². The molecule has 3 heterocycles. The smallest absolute Gasteiger partial charge is 0.255 e. The van der Waals surface area contributed by atoms with Gasteiger partial charge in [0.2, 0.25) is 5.91 Å². The van der Waals surface area contributed by atoms with Crippen LogP contribution in [-0.4, -0.2) is 27.0 Å². The molecule has 6 rings (SSSR count). The summed E-state index contributed by atoms with van der Waals surface area (Å²) in [6.07, 6.45) is 1.62. The van der Waals surface area contributed by atoms with Gasteiger partial charge in [-0.1, -0.05) is 30.3 Å². The first-order valence-corrected chi connectivity index (χ1v) is 13.0. The van der Waals surface area contributed by atoms with Crippen molar-refractivity contribution in [3.05, 3.63) is 102 Å². The second-order valence-electron chi connectivity index (χ2n) is 8.83. The van der Waals surface area contributed by atoms with Crippen LogP contribution in [0.5, 0.6) is 0 Å². The molecular formula is C29H25N3O3S. The van der Waals surface area contributed by atoms with Crippen molar-refractivity contribution in [1.29, 1.82) is 0 Å². The lowest BCUT2D eigenvalue weighted by Crippen LogP contribution is -2.27. The zero-order chi connectivity index (χ0) is 24.6. The summed E-state index contributed by atoms with van der Waals surface area (Å²) in [5, 5.41) is 5.25. The second kappa shape index (κ2) is 9.24. The lowest BCUT2D eigenvalue weighted by atomic mass is 10.1. The maximum Gasteiger partial charge on any atom is 0.255 e. The Hall–Kier alpha value is -3.97. The third kappa shape index (κ3) is 3.95. The van der Waals surface area contributed by atoms with E-state index in [1.807, 2.05) is 59.5 Å². The summed E-state index contributed by atoms with van der Waals surface area (Å²) < 4.78 is 7.72. The highest BCUT2D eigenvalue weighted by atomic mass is 32.2. The van der Waals surface area contributed by atoms with Gasteiger partial charge in [0, 0.05) is 39.6 Å². The first-order valence-electron chi connectivity index (χ1n) is 12.0. The minimum Gasteiger partial charge on any atom is -0.467 e. The summed E-state index contributed by atoms with van der Waals surface area (Å²) in [5.74, 6) is 1.11. The van der Waals surface area contributed by atoms with Gasteiger partial charge in [-0.15, -0.1) is 11.8 Å². The Morgan fingerprint density at radius 2 is 1.81 bits per heavy atom. The van der Waals surface area contributed by atoms with Gasteiger partial charge >= 0.3 is 0 Å². The Balaban J connectivity index is 1.21. The Kier molecular flexibility index (Phi) is 5.77. The van der Waals surface area contributed by atoms with Crippen molar-refractivity contribution < 1.29 is 14.0 Å². The van der Waals surface area contributed by atoms with Crippen LogP contribution in [-0.2, 0) is 17.9 Å². The molecule has 6 nitrogen and oxygen atoms in total. The van der Waals surface area contributed by atoms with Crippen molar-refractivity contribution in [2.24, 2.45) is 0 Å². The third-order valence-electron chi connectivity index (χ3n) is 6.68. The van der Waals surface area contributed by atoms with E-state index in [2.05, 4.69) is 41.1 Å². The molecule has 1 saturated heterocycles. The van der Waals surface area contributed by atoms with Gasteiger partial charge in [0.25, 0.3) is 5.91 Å². The lowest BCUT2D eigenvalue weighted by molar-refractivity contribution is -0.128. The van der Waals surface area contributed by atoms with E-state index in [4.69, 9.17) is 4.42 Å². The number of amides is 2. The summed E-state index contributed by atoms with van der Waals surface area (Å²) in [4.78, 5) is 27.3. The quantitative estimate of drug-likeness (QED) is 0.295. The number of anilines is 1. The van der Waals surface area contributed by atoms with Crippen LogP contribution < -0.4 is 5.32 Å². The standard InChI is InChI=1S/C29H25N3O3S/c1-2-31-25-8-4-3-7-23(25)24-16-21(13-14-26(24)31)30-28(34)19-9-11-20(12-10-19)29-32(27(33)18-36-29)17-22-6-5-15-35-22/h3-16,29H,2,17-18H2,1H3,(H,30,34)/t29-/m0/s1.